The summed E-state index contributed by atoms with van der Waals surface area (Å²) in [6.07, 6.45) is 3.72. The van der Waals surface area contributed by atoms with Gasteiger partial charge in [0.25, 0.3) is 0 Å². The number of rotatable bonds is 3. The average molecular weight is 269 g/mol. The molecule has 2 amide bonds. The third-order valence-corrected chi connectivity index (χ3v) is 4.32. The molecule has 6 nitrogen and oxygen atoms in total. The number of hydrogen-bond donors (Lipinski definition) is 2. The summed E-state index contributed by atoms with van der Waals surface area (Å²) >= 11 is 0. The second-order valence-corrected chi connectivity index (χ2v) is 5.48. The Morgan fingerprint density at radius 1 is 1.21 bits per heavy atom. The maximum Gasteiger partial charge on any atom is 0.315 e. The highest BCUT2D eigenvalue weighted by Crippen LogP contribution is 2.30. The van der Waals surface area contributed by atoms with Crippen LogP contribution in [0.25, 0.3) is 0 Å². The fraction of sp³-hybridized carbons (Fsp3) is 0.846. The molecular weight excluding hydrogens is 246 g/mol. The topological polar surface area (TPSA) is 98.7 Å². The zero-order valence-corrected chi connectivity index (χ0v) is 11.2. The standard InChI is InChI=1S/C13H23N3O3/c14-7-9-1-3-10(4-2-9)12(17)11-8-19-6-5-16(11)13(15)18/h9-11H,1-8,14H2,(H2,15,18). The first-order valence-electron chi connectivity index (χ1n) is 7.01. The predicted molar refractivity (Wildman–Crippen MR) is 70.4 cm³/mol. The second kappa shape index (κ2) is 6.34. The molecule has 108 valence electrons. The molecule has 4 N–H and O–H groups in total. The Balaban J connectivity index is 1.96. The van der Waals surface area contributed by atoms with E-state index in [9.17, 15) is 9.59 Å². The van der Waals surface area contributed by atoms with Gasteiger partial charge in [-0.05, 0) is 38.1 Å². The molecule has 2 fully saturated rings. The molecule has 1 aliphatic heterocycles. The van der Waals surface area contributed by atoms with Gasteiger partial charge in [0, 0.05) is 12.5 Å². The van der Waals surface area contributed by atoms with E-state index in [2.05, 4.69) is 0 Å². The molecule has 1 unspecified atom stereocenters. The lowest BCUT2D eigenvalue weighted by Crippen LogP contribution is -2.56. The van der Waals surface area contributed by atoms with Crippen molar-refractivity contribution >= 4 is 11.8 Å². The fourth-order valence-corrected chi connectivity index (χ4v) is 3.06. The summed E-state index contributed by atoms with van der Waals surface area (Å²) in [6.45, 7) is 1.83. The van der Waals surface area contributed by atoms with Gasteiger partial charge in [-0.1, -0.05) is 0 Å². The summed E-state index contributed by atoms with van der Waals surface area (Å²) in [5.74, 6) is 0.671. The average Bonchev–Trinajstić information content (AvgIpc) is 2.46. The summed E-state index contributed by atoms with van der Waals surface area (Å²) in [4.78, 5) is 25.3. The van der Waals surface area contributed by atoms with Gasteiger partial charge in [0.1, 0.15) is 6.04 Å². The second-order valence-electron chi connectivity index (χ2n) is 5.48. The number of ether oxygens (including phenoxy) is 1. The number of carbonyl (C=O) groups is 2. The Hall–Kier alpha value is -1.14. The molecule has 0 spiro atoms. The third kappa shape index (κ3) is 3.25. The summed E-state index contributed by atoms with van der Waals surface area (Å²) in [5, 5.41) is 0. The molecule has 1 saturated heterocycles. The molecule has 2 aliphatic rings. The largest absolute Gasteiger partial charge is 0.377 e. The molecule has 0 aromatic carbocycles. The zero-order chi connectivity index (χ0) is 13.8. The van der Waals surface area contributed by atoms with Crippen molar-refractivity contribution < 1.29 is 14.3 Å². The van der Waals surface area contributed by atoms with Gasteiger partial charge in [0.15, 0.2) is 5.78 Å². The van der Waals surface area contributed by atoms with E-state index in [0.29, 0.717) is 25.6 Å². The maximum atomic E-state index is 12.5. The Kier molecular flexibility index (Phi) is 4.76. The number of primary amides is 1. The van der Waals surface area contributed by atoms with Crippen LogP contribution in [0.3, 0.4) is 0 Å². The molecule has 1 saturated carbocycles. The number of urea groups is 1. The number of amides is 2. The highest BCUT2D eigenvalue weighted by molar-refractivity contribution is 5.90. The maximum absolute atomic E-state index is 12.5. The summed E-state index contributed by atoms with van der Waals surface area (Å²) < 4.78 is 5.33. The lowest BCUT2D eigenvalue weighted by Gasteiger charge is -2.36. The van der Waals surface area contributed by atoms with Crippen LogP contribution in [0.1, 0.15) is 25.7 Å². The van der Waals surface area contributed by atoms with Crippen molar-refractivity contribution in [2.75, 3.05) is 26.3 Å². The fourth-order valence-electron chi connectivity index (χ4n) is 3.06. The van der Waals surface area contributed by atoms with Crippen LogP contribution in [0.5, 0.6) is 0 Å². The predicted octanol–water partition coefficient (Wildman–Crippen LogP) is 0.100. The minimum atomic E-state index is -0.530. The van der Waals surface area contributed by atoms with Crippen LogP contribution < -0.4 is 11.5 Å². The van der Waals surface area contributed by atoms with E-state index >= 15 is 0 Å². The summed E-state index contributed by atoms with van der Waals surface area (Å²) in [5.41, 5.74) is 11.0. The Bertz CT molecular complexity index is 340. The lowest BCUT2D eigenvalue weighted by molar-refractivity contribution is -0.133. The molecule has 0 aromatic heterocycles. The number of Topliss-reactive ketones (excluding diaryl/α,β-unsaturated/α-hetero) is 1. The van der Waals surface area contributed by atoms with E-state index in [4.69, 9.17) is 16.2 Å². The molecule has 1 atom stereocenters. The van der Waals surface area contributed by atoms with E-state index in [1.54, 1.807) is 0 Å². The molecule has 0 bridgehead atoms. The summed E-state index contributed by atoms with van der Waals surface area (Å²) in [6, 6.07) is -1.03. The Morgan fingerprint density at radius 3 is 2.47 bits per heavy atom. The van der Waals surface area contributed by atoms with E-state index in [-0.39, 0.29) is 18.3 Å². The minimum Gasteiger partial charge on any atom is -0.377 e. The van der Waals surface area contributed by atoms with Crippen molar-refractivity contribution in [3.63, 3.8) is 0 Å². The van der Waals surface area contributed by atoms with Crippen LogP contribution in [-0.4, -0.2) is 49.1 Å². The SMILES string of the molecule is NCC1CCC(C(=O)C2COCCN2C(N)=O)CC1. The van der Waals surface area contributed by atoms with Crippen molar-refractivity contribution in [1.29, 1.82) is 0 Å². The van der Waals surface area contributed by atoms with Crippen molar-refractivity contribution in [3.05, 3.63) is 0 Å². The number of morpholine rings is 1. The van der Waals surface area contributed by atoms with Gasteiger partial charge in [-0.15, -0.1) is 0 Å². The molecule has 0 aromatic rings. The van der Waals surface area contributed by atoms with Crippen molar-refractivity contribution in [2.24, 2.45) is 23.3 Å². The smallest absolute Gasteiger partial charge is 0.315 e. The minimum absolute atomic E-state index is 0.0244. The molecule has 1 aliphatic carbocycles. The van der Waals surface area contributed by atoms with Gasteiger partial charge < -0.3 is 21.1 Å². The van der Waals surface area contributed by atoms with E-state index < -0.39 is 12.1 Å². The molecule has 6 heteroatoms. The van der Waals surface area contributed by atoms with E-state index in [1.807, 2.05) is 0 Å². The number of ketones is 1. The Labute approximate surface area is 113 Å². The number of nitrogens with zero attached hydrogens (tertiary/aromatic N) is 1. The van der Waals surface area contributed by atoms with Gasteiger partial charge in [0.05, 0.1) is 13.2 Å². The first-order chi connectivity index (χ1) is 9.13. The monoisotopic (exact) mass is 269 g/mol. The van der Waals surface area contributed by atoms with E-state index in [0.717, 1.165) is 25.7 Å². The van der Waals surface area contributed by atoms with Gasteiger partial charge in [-0.25, -0.2) is 4.79 Å². The highest BCUT2D eigenvalue weighted by Gasteiger charge is 2.36. The van der Waals surface area contributed by atoms with Crippen molar-refractivity contribution in [3.8, 4) is 0 Å². The molecule has 19 heavy (non-hydrogen) atoms. The molecule has 2 rings (SSSR count). The van der Waals surface area contributed by atoms with Gasteiger partial charge in [0.2, 0.25) is 0 Å². The zero-order valence-electron chi connectivity index (χ0n) is 11.2. The van der Waals surface area contributed by atoms with Crippen LogP contribution in [0.2, 0.25) is 0 Å². The number of hydrogen-bond acceptors (Lipinski definition) is 4. The summed E-state index contributed by atoms with van der Waals surface area (Å²) in [7, 11) is 0. The van der Waals surface area contributed by atoms with Crippen molar-refractivity contribution in [2.45, 2.75) is 31.7 Å². The van der Waals surface area contributed by atoms with Gasteiger partial charge in [-0.2, -0.15) is 0 Å². The first kappa shape index (κ1) is 14.3. The molecule has 1 heterocycles. The quantitative estimate of drug-likeness (QED) is 0.759. The third-order valence-electron chi connectivity index (χ3n) is 4.32. The Morgan fingerprint density at radius 2 is 1.89 bits per heavy atom. The first-order valence-corrected chi connectivity index (χ1v) is 7.01. The van der Waals surface area contributed by atoms with Crippen molar-refractivity contribution in [1.82, 2.24) is 4.90 Å². The van der Waals surface area contributed by atoms with Crippen LogP contribution in [0, 0.1) is 11.8 Å². The molecule has 0 radical (unpaired) electrons. The highest BCUT2D eigenvalue weighted by atomic mass is 16.5. The lowest BCUT2D eigenvalue weighted by atomic mass is 9.78. The molecular formula is C13H23N3O3. The van der Waals surface area contributed by atoms with Crippen LogP contribution in [0.15, 0.2) is 0 Å². The van der Waals surface area contributed by atoms with Crippen LogP contribution in [0.4, 0.5) is 4.79 Å². The van der Waals surface area contributed by atoms with Gasteiger partial charge in [-0.3, -0.25) is 4.79 Å². The van der Waals surface area contributed by atoms with Crippen LogP contribution in [-0.2, 0) is 9.53 Å². The van der Waals surface area contributed by atoms with Gasteiger partial charge >= 0.3 is 6.03 Å². The van der Waals surface area contributed by atoms with Crippen LogP contribution >= 0.6 is 0 Å². The van der Waals surface area contributed by atoms with E-state index in [1.165, 1.54) is 4.90 Å². The number of carbonyl (C=O) groups excluding carboxylic acids is 2. The normalized spacial score (nSPS) is 32.1. The number of nitrogens with two attached hydrogens (primary N) is 2.